The lowest BCUT2D eigenvalue weighted by Gasteiger charge is -1.94. The molecule has 1 heterocycles. The zero-order valence-electron chi connectivity index (χ0n) is 6.61. The molecule has 0 saturated heterocycles. The van der Waals surface area contributed by atoms with E-state index in [0.29, 0.717) is 11.3 Å². The van der Waals surface area contributed by atoms with E-state index < -0.39 is 0 Å². The van der Waals surface area contributed by atoms with Gasteiger partial charge in [0.25, 0.3) is 0 Å². The van der Waals surface area contributed by atoms with Crippen molar-refractivity contribution in [3.63, 3.8) is 0 Å². The van der Waals surface area contributed by atoms with Gasteiger partial charge in [0.2, 0.25) is 0 Å². The van der Waals surface area contributed by atoms with Crippen molar-refractivity contribution in [2.24, 2.45) is 0 Å². The average molecular weight is 190 g/mol. The van der Waals surface area contributed by atoms with Crippen LogP contribution in [0.1, 0.15) is 5.56 Å². The molecule has 4 heteroatoms. The van der Waals surface area contributed by atoms with Crippen molar-refractivity contribution in [2.45, 2.75) is 0 Å². The quantitative estimate of drug-likeness (QED) is 0.624. The Labute approximate surface area is 78.6 Å². The first kappa shape index (κ1) is 7.90. The standard InChI is InChI=1S/C9H6N2OS/c10-4-6-2-7(11)1-5-3-8(12)13-9(5)6/h1-3,12H,11H2. The van der Waals surface area contributed by atoms with Gasteiger partial charge in [-0.3, -0.25) is 0 Å². The van der Waals surface area contributed by atoms with Crippen LogP contribution in [-0.2, 0) is 0 Å². The molecule has 13 heavy (non-hydrogen) atoms. The molecule has 0 fully saturated rings. The summed E-state index contributed by atoms with van der Waals surface area (Å²) in [5, 5.41) is 19.0. The van der Waals surface area contributed by atoms with E-state index in [1.54, 1.807) is 18.2 Å². The van der Waals surface area contributed by atoms with Crippen LogP contribution >= 0.6 is 11.3 Å². The van der Waals surface area contributed by atoms with Crippen LogP contribution in [0.3, 0.4) is 0 Å². The van der Waals surface area contributed by atoms with Crippen LogP contribution in [-0.4, -0.2) is 5.11 Å². The van der Waals surface area contributed by atoms with Gasteiger partial charge >= 0.3 is 0 Å². The van der Waals surface area contributed by atoms with Crippen LogP contribution in [0.5, 0.6) is 5.06 Å². The number of rotatable bonds is 0. The largest absolute Gasteiger partial charge is 0.499 e. The SMILES string of the molecule is N#Cc1cc(N)cc2cc(O)sc12. The summed E-state index contributed by atoms with van der Waals surface area (Å²) in [5.41, 5.74) is 6.64. The molecule has 3 nitrogen and oxygen atoms in total. The highest BCUT2D eigenvalue weighted by Gasteiger charge is 2.06. The molecule has 0 amide bonds. The molecule has 0 aliphatic rings. The Balaban J connectivity index is 2.90. The number of nitrogens with zero attached hydrogens (tertiary/aromatic N) is 1. The lowest BCUT2D eigenvalue weighted by molar-refractivity contribution is 0.491. The van der Waals surface area contributed by atoms with Gasteiger partial charge in [-0.05, 0) is 23.6 Å². The van der Waals surface area contributed by atoms with Gasteiger partial charge in [-0.1, -0.05) is 11.3 Å². The zero-order valence-corrected chi connectivity index (χ0v) is 7.43. The number of fused-ring (bicyclic) bond motifs is 1. The Hall–Kier alpha value is -1.73. The smallest absolute Gasteiger partial charge is 0.172 e. The molecule has 64 valence electrons. The highest BCUT2D eigenvalue weighted by molar-refractivity contribution is 7.20. The van der Waals surface area contributed by atoms with E-state index in [1.807, 2.05) is 6.07 Å². The number of benzene rings is 1. The van der Waals surface area contributed by atoms with E-state index in [1.165, 1.54) is 11.3 Å². The third-order valence-electron chi connectivity index (χ3n) is 1.75. The Bertz CT molecular complexity index is 510. The van der Waals surface area contributed by atoms with Gasteiger partial charge in [-0.2, -0.15) is 5.26 Å². The molecule has 2 aromatic rings. The first-order valence-corrected chi connectivity index (χ1v) is 4.44. The second-order valence-electron chi connectivity index (χ2n) is 2.68. The minimum atomic E-state index is 0.206. The number of nitrogens with two attached hydrogens (primary N) is 1. The predicted octanol–water partition coefficient (Wildman–Crippen LogP) is 2.06. The molecule has 1 aromatic heterocycles. The van der Waals surface area contributed by atoms with Crippen molar-refractivity contribution in [2.75, 3.05) is 5.73 Å². The molecule has 0 aliphatic carbocycles. The first-order valence-electron chi connectivity index (χ1n) is 3.63. The summed E-state index contributed by atoms with van der Waals surface area (Å²) >= 11 is 1.19. The Morgan fingerprint density at radius 3 is 2.85 bits per heavy atom. The summed E-state index contributed by atoms with van der Waals surface area (Å²) in [7, 11) is 0. The summed E-state index contributed by atoms with van der Waals surface area (Å²) in [5.74, 6) is 0. The molecule has 0 atom stereocenters. The van der Waals surface area contributed by atoms with Crippen molar-refractivity contribution in [3.8, 4) is 11.1 Å². The number of anilines is 1. The van der Waals surface area contributed by atoms with Gasteiger partial charge < -0.3 is 10.8 Å². The van der Waals surface area contributed by atoms with Crippen LogP contribution in [0.2, 0.25) is 0 Å². The van der Waals surface area contributed by atoms with E-state index in [0.717, 1.165) is 10.1 Å². The molecule has 0 aliphatic heterocycles. The molecule has 0 bridgehead atoms. The fourth-order valence-corrected chi connectivity index (χ4v) is 2.09. The summed E-state index contributed by atoms with van der Waals surface area (Å²) in [4.78, 5) is 0. The van der Waals surface area contributed by atoms with Crippen molar-refractivity contribution in [1.29, 1.82) is 5.26 Å². The zero-order chi connectivity index (χ0) is 9.42. The van der Waals surface area contributed by atoms with E-state index in [9.17, 15) is 5.11 Å². The van der Waals surface area contributed by atoms with Crippen LogP contribution in [0.15, 0.2) is 18.2 Å². The number of hydrogen-bond donors (Lipinski definition) is 2. The van der Waals surface area contributed by atoms with Crippen molar-refractivity contribution in [3.05, 3.63) is 23.8 Å². The second kappa shape index (κ2) is 2.64. The summed E-state index contributed by atoms with van der Waals surface area (Å²) in [6.45, 7) is 0. The molecule has 3 N–H and O–H groups in total. The molecule has 0 spiro atoms. The van der Waals surface area contributed by atoms with Crippen LogP contribution < -0.4 is 5.73 Å². The van der Waals surface area contributed by atoms with E-state index in [4.69, 9.17) is 11.0 Å². The maximum atomic E-state index is 9.24. The topological polar surface area (TPSA) is 70.0 Å². The highest BCUT2D eigenvalue weighted by Crippen LogP contribution is 2.34. The van der Waals surface area contributed by atoms with E-state index in [2.05, 4.69) is 0 Å². The van der Waals surface area contributed by atoms with Gasteiger partial charge in [-0.25, -0.2) is 0 Å². The fraction of sp³-hybridized carbons (Fsp3) is 0. The van der Waals surface area contributed by atoms with Crippen LogP contribution in [0.25, 0.3) is 10.1 Å². The van der Waals surface area contributed by atoms with Gasteiger partial charge in [0.15, 0.2) is 5.06 Å². The van der Waals surface area contributed by atoms with Crippen LogP contribution in [0.4, 0.5) is 5.69 Å². The molecule has 2 rings (SSSR count). The minimum absolute atomic E-state index is 0.206. The average Bonchev–Trinajstić information content (AvgIpc) is 2.43. The lowest BCUT2D eigenvalue weighted by Crippen LogP contribution is -1.85. The molecule has 0 saturated carbocycles. The normalized spacial score (nSPS) is 10.1. The number of thiophene rings is 1. The Kier molecular flexibility index (Phi) is 1.61. The third-order valence-corrected chi connectivity index (χ3v) is 2.73. The fourth-order valence-electron chi connectivity index (χ4n) is 1.25. The van der Waals surface area contributed by atoms with Gasteiger partial charge in [0.05, 0.1) is 10.3 Å². The van der Waals surface area contributed by atoms with Gasteiger partial charge in [0.1, 0.15) is 6.07 Å². The first-order chi connectivity index (χ1) is 6.20. The van der Waals surface area contributed by atoms with E-state index >= 15 is 0 Å². The Morgan fingerprint density at radius 2 is 2.15 bits per heavy atom. The molecular weight excluding hydrogens is 184 g/mol. The molecule has 0 unspecified atom stereocenters. The molecular formula is C9H6N2OS. The second-order valence-corrected chi connectivity index (χ2v) is 3.71. The number of nitriles is 1. The third kappa shape index (κ3) is 1.19. The van der Waals surface area contributed by atoms with Crippen molar-refractivity contribution in [1.82, 2.24) is 0 Å². The lowest BCUT2D eigenvalue weighted by atomic mass is 10.1. The number of aromatic hydroxyl groups is 1. The van der Waals surface area contributed by atoms with Gasteiger partial charge in [0, 0.05) is 5.69 Å². The monoisotopic (exact) mass is 190 g/mol. The summed E-state index contributed by atoms with van der Waals surface area (Å²) in [6, 6.07) is 7.00. The summed E-state index contributed by atoms with van der Waals surface area (Å²) < 4.78 is 0.786. The number of hydrogen-bond acceptors (Lipinski definition) is 4. The van der Waals surface area contributed by atoms with Crippen molar-refractivity contribution < 1.29 is 5.11 Å². The van der Waals surface area contributed by atoms with Gasteiger partial charge in [-0.15, -0.1) is 0 Å². The minimum Gasteiger partial charge on any atom is -0.499 e. The number of nitrogen functional groups attached to an aromatic ring is 1. The maximum absolute atomic E-state index is 9.24. The molecule has 1 aromatic carbocycles. The van der Waals surface area contributed by atoms with Crippen molar-refractivity contribution >= 4 is 27.1 Å². The summed E-state index contributed by atoms with van der Waals surface area (Å²) in [6.07, 6.45) is 0. The highest BCUT2D eigenvalue weighted by atomic mass is 32.1. The van der Waals surface area contributed by atoms with Crippen LogP contribution in [0, 0.1) is 11.3 Å². The Morgan fingerprint density at radius 1 is 1.38 bits per heavy atom. The van der Waals surface area contributed by atoms with E-state index in [-0.39, 0.29) is 5.06 Å². The molecule has 0 radical (unpaired) electrons. The maximum Gasteiger partial charge on any atom is 0.172 e. The predicted molar refractivity (Wildman–Crippen MR) is 52.6 cm³/mol.